The van der Waals surface area contributed by atoms with Crippen LogP contribution in [0.1, 0.15) is 33.3 Å². The third-order valence-electron chi connectivity index (χ3n) is 4.66. The molecular formula is C21H31N5O7. The Morgan fingerprint density at radius 1 is 0.758 bits per heavy atom. The smallest absolute Gasteiger partial charge is 0.325 e. The number of aliphatic carboxylic acids is 1. The van der Waals surface area contributed by atoms with Crippen LogP contribution >= 0.6 is 0 Å². The fraction of sp³-hybridized carbons (Fsp3) is 0.476. The molecule has 0 aliphatic carbocycles. The molecule has 0 aromatic heterocycles. The molecule has 0 unspecified atom stereocenters. The van der Waals surface area contributed by atoms with Crippen LogP contribution in [0, 0.1) is 0 Å². The van der Waals surface area contributed by atoms with Crippen LogP contribution in [0.15, 0.2) is 24.3 Å². The van der Waals surface area contributed by atoms with Crippen LogP contribution in [0.25, 0.3) is 0 Å². The highest BCUT2D eigenvalue weighted by atomic mass is 16.4. The summed E-state index contributed by atoms with van der Waals surface area (Å²) in [6.07, 6.45) is 0.0195. The van der Waals surface area contributed by atoms with Gasteiger partial charge in [0.15, 0.2) is 0 Å². The van der Waals surface area contributed by atoms with E-state index in [1.54, 1.807) is 12.1 Å². The number of carbonyl (C=O) groups excluding carboxylic acids is 4. The van der Waals surface area contributed by atoms with Crippen molar-refractivity contribution < 1.29 is 34.2 Å². The Morgan fingerprint density at radius 2 is 1.21 bits per heavy atom. The summed E-state index contributed by atoms with van der Waals surface area (Å²) >= 11 is 0. The van der Waals surface area contributed by atoms with E-state index in [1.165, 1.54) is 39.8 Å². The predicted molar refractivity (Wildman–Crippen MR) is 118 cm³/mol. The summed E-state index contributed by atoms with van der Waals surface area (Å²) in [5.41, 5.74) is 6.09. The van der Waals surface area contributed by atoms with Crippen LogP contribution in [0.5, 0.6) is 5.75 Å². The molecule has 0 heterocycles. The Labute approximate surface area is 191 Å². The fourth-order valence-electron chi connectivity index (χ4n) is 2.56. The Kier molecular flexibility index (Phi) is 10.3. The average Bonchev–Trinajstić information content (AvgIpc) is 2.73. The van der Waals surface area contributed by atoms with E-state index in [9.17, 15) is 29.1 Å². The molecule has 0 aliphatic heterocycles. The Balaban J connectivity index is 2.94. The molecular weight excluding hydrogens is 434 g/mol. The molecule has 5 atom stereocenters. The first-order valence-corrected chi connectivity index (χ1v) is 10.3. The van der Waals surface area contributed by atoms with E-state index in [1.807, 2.05) is 0 Å². The number of amides is 4. The maximum absolute atomic E-state index is 12.9. The van der Waals surface area contributed by atoms with Crippen molar-refractivity contribution in [3.63, 3.8) is 0 Å². The van der Waals surface area contributed by atoms with Crippen molar-refractivity contribution in [1.82, 2.24) is 21.3 Å². The quantitative estimate of drug-likeness (QED) is 0.202. The lowest BCUT2D eigenvalue weighted by atomic mass is 10.0. The van der Waals surface area contributed by atoms with Crippen molar-refractivity contribution in [3.05, 3.63) is 29.8 Å². The zero-order chi connectivity index (χ0) is 25.3. The van der Waals surface area contributed by atoms with Gasteiger partial charge >= 0.3 is 5.97 Å². The van der Waals surface area contributed by atoms with Gasteiger partial charge in [-0.25, -0.2) is 0 Å². The van der Waals surface area contributed by atoms with Crippen LogP contribution in [0.4, 0.5) is 0 Å². The van der Waals surface area contributed by atoms with E-state index in [0.717, 1.165) is 0 Å². The minimum absolute atomic E-state index is 0.0195. The van der Waals surface area contributed by atoms with Crippen LogP contribution in [0.3, 0.4) is 0 Å². The van der Waals surface area contributed by atoms with Crippen molar-refractivity contribution >= 4 is 29.6 Å². The molecule has 0 bridgehead atoms. The average molecular weight is 466 g/mol. The summed E-state index contributed by atoms with van der Waals surface area (Å²) in [7, 11) is 0. The van der Waals surface area contributed by atoms with Gasteiger partial charge in [-0.1, -0.05) is 12.1 Å². The van der Waals surface area contributed by atoms with E-state index in [-0.39, 0.29) is 12.2 Å². The largest absolute Gasteiger partial charge is 0.508 e. The van der Waals surface area contributed by atoms with Gasteiger partial charge in [-0.2, -0.15) is 0 Å². The molecule has 12 heteroatoms. The first kappa shape index (κ1) is 27.4. The number of hydrogen-bond donors (Lipinski definition) is 7. The topological polar surface area (TPSA) is 200 Å². The Bertz CT molecular complexity index is 872. The molecule has 0 saturated carbocycles. The number of benzene rings is 1. The number of aromatic hydroxyl groups is 1. The zero-order valence-corrected chi connectivity index (χ0v) is 18.9. The highest BCUT2D eigenvalue weighted by Crippen LogP contribution is 2.12. The van der Waals surface area contributed by atoms with Crippen LogP contribution in [-0.4, -0.2) is 70.0 Å². The fourth-order valence-corrected chi connectivity index (χ4v) is 2.56. The SMILES string of the molecule is C[C@H](N)C(=O)N[C@@H](C)C(=O)N[C@@H](Cc1ccc(O)cc1)C(=O)N[C@@H](C)C(=O)N[C@@H](C)C(=O)O. The maximum Gasteiger partial charge on any atom is 0.325 e. The maximum atomic E-state index is 12.9. The van der Waals surface area contributed by atoms with Crippen LogP contribution in [0.2, 0.25) is 0 Å². The van der Waals surface area contributed by atoms with Crippen LogP contribution < -0.4 is 27.0 Å². The number of nitrogens with one attached hydrogen (secondary N) is 4. The molecule has 1 rings (SSSR count). The lowest BCUT2D eigenvalue weighted by Gasteiger charge is -2.24. The van der Waals surface area contributed by atoms with Crippen molar-refractivity contribution in [3.8, 4) is 5.75 Å². The summed E-state index contributed by atoms with van der Waals surface area (Å²) < 4.78 is 0. The van der Waals surface area contributed by atoms with E-state index in [2.05, 4.69) is 21.3 Å². The highest BCUT2D eigenvalue weighted by molar-refractivity contribution is 5.95. The Morgan fingerprint density at radius 3 is 1.70 bits per heavy atom. The summed E-state index contributed by atoms with van der Waals surface area (Å²) in [6.45, 7) is 5.53. The van der Waals surface area contributed by atoms with Gasteiger partial charge in [0.05, 0.1) is 6.04 Å². The molecule has 0 aliphatic rings. The molecule has 0 radical (unpaired) electrons. The van der Waals surface area contributed by atoms with Gasteiger partial charge in [0.2, 0.25) is 23.6 Å². The van der Waals surface area contributed by atoms with Gasteiger partial charge in [-0.15, -0.1) is 0 Å². The van der Waals surface area contributed by atoms with Gasteiger partial charge in [0.1, 0.15) is 29.9 Å². The summed E-state index contributed by atoms with van der Waals surface area (Å²) in [6, 6.07) is 0.764. The standard InChI is InChI=1S/C21H31N5O7/c1-10(22)17(28)23-12(3)19(30)26-16(9-14-5-7-15(27)8-6-14)20(31)24-11(2)18(29)25-13(4)21(32)33/h5-8,10-13,16,27H,9,22H2,1-4H3,(H,23,28)(H,24,31)(H,25,29)(H,26,30)(H,32,33)/t10-,11-,12-,13-,16-/m0/s1. The van der Waals surface area contributed by atoms with Crippen molar-refractivity contribution in [2.45, 2.75) is 64.3 Å². The second-order valence-corrected chi connectivity index (χ2v) is 7.75. The normalized spacial score (nSPS) is 15.2. The summed E-state index contributed by atoms with van der Waals surface area (Å²) in [5.74, 6) is -3.83. The lowest BCUT2D eigenvalue weighted by molar-refractivity contribution is -0.141. The predicted octanol–water partition coefficient (Wildman–Crippen LogP) is -1.63. The molecule has 12 nitrogen and oxygen atoms in total. The van der Waals surface area contributed by atoms with E-state index in [4.69, 9.17) is 10.8 Å². The molecule has 0 spiro atoms. The summed E-state index contributed by atoms with van der Waals surface area (Å²) in [5, 5.41) is 28.0. The van der Waals surface area contributed by atoms with E-state index >= 15 is 0 Å². The third-order valence-corrected chi connectivity index (χ3v) is 4.66. The number of carbonyl (C=O) groups is 5. The lowest BCUT2D eigenvalue weighted by Crippen LogP contribution is -2.57. The molecule has 1 aromatic carbocycles. The van der Waals surface area contributed by atoms with Crippen molar-refractivity contribution in [2.24, 2.45) is 5.73 Å². The first-order valence-electron chi connectivity index (χ1n) is 10.3. The molecule has 33 heavy (non-hydrogen) atoms. The minimum atomic E-state index is -1.23. The summed E-state index contributed by atoms with van der Waals surface area (Å²) in [4.78, 5) is 60.3. The molecule has 0 saturated heterocycles. The Hall–Kier alpha value is -3.67. The van der Waals surface area contributed by atoms with Crippen molar-refractivity contribution in [2.75, 3.05) is 0 Å². The second-order valence-electron chi connectivity index (χ2n) is 7.75. The van der Waals surface area contributed by atoms with E-state index < -0.39 is 59.8 Å². The number of phenolic OH excluding ortho intramolecular Hbond substituents is 1. The van der Waals surface area contributed by atoms with Crippen LogP contribution in [-0.2, 0) is 30.4 Å². The number of carboxylic acids is 1. The zero-order valence-electron chi connectivity index (χ0n) is 18.9. The number of rotatable bonds is 11. The number of phenols is 1. The second kappa shape index (κ2) is 12.4. The molecule has 4 amide bonds. The first-order chi connectivity index (χ1) is 15.3. The van der Waals surface area contributed by atoms with Gasteiger partial charge < -0.3 is 37.2 Å². The number of nitrogens with two attached hydrogens (primary N) is 1. The van der Waals surface area contributed by atoms with Crippen molar-refractivity contribution in [1.29, 1.82) is 0 Å². The number of hydrogen-bond acceptors (Lipinski definition) is 7. The minimum Gasteiger partial charge on any atom is -0.508 e. The molecule has 0 fully saturated rings. The third kappa shape index (κ3) is 9.15. The highest BCUT2D eigenvalue weighted by Gasteiger charge is 2.28. The monoisotopic (exact) mass is 465 g/mol. The van der Waals surface area contributed by atoms with Gasteiger partial charge in [0.25, 0.3) is 0 Å². The number of carboxylic acid groups (broad SMARTS) is 1. The van der Waals surface area contributed by atoms with Gasteiger partial charge in [-0.3, -0.25) is 24.0 Å². The molecule has 182 valence electrons. The van der Waals surface area contributed by atoms with Gasteiger partial charge in [-0.05, 0) is 45.4 Å². The molecule has 1 aromatic rings. The molecule has 8 N–H and O–H groups in total. The van der Waals surface area contributed by atoms with Gasteiger partial charge in [0, 0.05) is 6.42 Å². The van der Waals surface area contributed by atoms with E-state index in [0.29, 0.717) is 5.56 Å².